The number of rotatable bonds is 4. The van der Waals surface area contributed by atoms with Crippen LogP contribution in [0.1, 0.15) is 33.6 Å². The molecule has 6 heteroatoms. The van der Waals surface area contributed by atoms with Gasteiger partial charge in [0, 0.05) is 20.1 Å². The van der Waals surface area contributed by atoms with Gasteiger partial charge >= 0.3 is 6.01 Å². The highest BCUT2D eigenvalue weighted by molar-refractivity contribution is 5.38. The summed E-state index contributed by atoms with van der Waals surface area (Å²) in [5.41, 5.74) is 0.415. The largest absolute Gasteiger partial charge is 0.464 e. The highest BCUT2D eigenvalue weighted by Crippen LogP contribution is 2.31. The topological polar surface area (TPSA) is 63.2 Å². The Balaban J connectivity index is 2.17. The molecule has 1 aliphatic rings. The minimum atomic E-state index is 0.390. The average Bonchev–Trinajstić information content (AvgIpc) is 2.38. The van der Waals surface area contributed by atoms with Crippen LogP contribution in [-0.4, -0.2) is 41.7 Å². The van der Waals surface area contributed by atoms with Gasteiger partial charge in [0.25, 0.3) is 0 Å². The summed E-state index contributed by atoms with van der Waals surface area (Å²) in [7, 11) is 1.80. The summed E-state index contributed by atoms with van der Waals surface area (Å²) in [4.78, 5) is 15.2. The molecule has 1 N–H and O–H groups in total. The standard InChI is InChI=1S/C13H23N5O/c1-5-19-12-16-10(14-4)15-11(17-12)18-8-6-13(2,3)7-9-18/h5-9H2,1-4H3,(H,14,15,16,17). The van der Waals surface area contributed by atoms with Crippen LogP contribution in [0.3, 0.4) is 0 Å². The Bertz CT molecular complexity index is 425. The van der Waals surface area contributed by atoms with Crippen molar-refractivity contribution in [2.45, 2.75) is 33.6 Å². The lowest BCUT2D eigenvalue weighted by atomic mass is 9.83. The normalized spacial score (nSPS) is 18.2. The summed E-state index contributed by atoms with van der Waals surface area (Å²) in [6, 6.07) is 0.390. The van der Waals surface area contributed by atoms with Gasteiger partial charge in [0.05, 0.1) is 6.61 Å². The van der Waals surface area contributed by atoms with Crippen molar-refractivity contribution in [2.24, 2.45) is 5.41 Å². The van der Waals surface area contributed by atoms with Gasteiger partial charge in [0.2, 0.25) is 11.9 Å². The van der Waals surface area contributed by atoms with E-state index in [0.29, 0.717) is 29.9 Å². The maximum Gasteiger partial charge on any atom is 0.323 e. The molecule has 0 unspecified atom stereocenters. The van der Waals surface area contributed by atoms with Crippen LogP contribution in [0.4, 0.5) is 11.9 Å². The lowest BCUT2D eigenvalue weighted by Gasteiger charge is -2.36. The first-order chi connectivity index (χ1) is 9.04. The number of aromatic nitrogens is 3. The molecule has 2 rings (SSSR count). The zero-order valence-corrected chi connectivity index (χ0v) is 12.2. The molecule has 1 saturated heterocycles. The Morgan fingerprint density at radius 3 is 2.47 bits per heavy atom. The van der Waals surface area contributed by atoms with Crippen molar-refractivity contribution < 1.29 is 4.74 Å². The lowest BCUT2D eigenvalue weighted by Crippen LogP contribution is -2.38. The van der Waals surface area contributed by atoms with Gasteiger partial charge in [-0.1, -0.05) is 13.8 Å². The van der Waals surface area contributed by atoms with Crippen molar-refractivity contribution in [3.8, 4) is 6.01 Å². The van der Waals surface area contributed by atoms with E-state index in [0.717, 1.165) is 25.9 Å². The van der Waals surface area contributed by atoms with Gasteiger partial charge in [-0.2, -0.15) is 15.0 Å². The first kappa shape index (κ1) is 13.8. The number of nitrogens with zero attached hydrogens (tertiary/aromatic N) is 4. The maximum absolute atomic E-state index is 5.39. The second-order valence-electron chi connectivity index (χ2n) is 5.58. The van der Waals surface area contributed by atoms with E-state index in [4.69, 9.17) is 4.74 Å². The molecule has 0 bridgehead atoms. The number of nitrogens with one attached hydrogen (secondary N) is 1. The predicted octanol–water partition coefficient (Wildman–Crippen LogP) is 1.94. The first-order valence-electron chi connectivity index (χ1n) is 6.85. The summed E-state index contributed by atoms with van der Waals surface area (Å²) < 4.78 is 5.39. The third-order valence-electron chi connectivity index (χ3n) is 3.50. The molecule has 0 amide bonds. The number of anilines is 2. The molecule has 1 aliphatic heterocycles. The van der Waals surface area contributed by atoms with E-state index in [2.05, 4.69) is 39.0 Å². The number of hydrogen-bond acceptors (Lipinski definition) is 6. The van der Waals surface area contributed by atoms with Crippen LogP contribution in [0.5, 0.6) is 6.01 Å². The van der Waals surface area contributed by atoms with E-state index in [9.17, 15) is 0 Å². The van der Waals surface area contributed by atoms with Crippen molar-refractivity contribution >= 4 is 11.9 Å². The second kappa shape index (κ2) is 5.59. The minimum Gasteiger partial charge on any atom is -0.464 e. The van der Waals surface area contributed by atoms with Crippen LogP contribution in [0, 0.1) is 5.41 Å². The van der Waals surface area contributed by atoms with Crippen LogP contribution in [0.25, 0.3) is 0 Å². The summed E-state index contributed by atoms with van der Waals surface area (Å²) >= 11 is 0. The summed E-state index contributed by atoms with van der Waals surface area (Å²) in [5, 5.41) is 2.95. The molecule has 0 atom stereocenters. The molecule has 1 fully saturated rings. The Morgan fingerprint density at radius 2 is 1.89 bits per heavy atom. The van der Waals surface area contributed by atoms with Crippen molar-refractivity contribution in [1.29, 1.82) is 0 Å². The molecule has 1 aromatic heterocycles. The summed E-state index contributed by atoms with van der Waals surface area (Å²) in [6.07, 6.45) is 2.30. The zero-order chi connectivity index (χ0) is 13.9. The Labute approximate surface area is 114 Å². The lowest BCUT2D eigenvalue weighted by molar-refractivity contribution is 0.276. The van der Waals surface area contributed by atoms with Crippen LogP contribution < -0.4 is 15.0 Å². The van der Waals surface area contributed by atoms with Gasteiger partial charge in [-0.3, -0.25) is 0 Å². The fraction of sp³-hybridized carbons (Fsp3) is 0.769. The third-order valence-corrected chi connectivity index (χ3v) is 3.50. The van der Waals surface area contributed by atoms with Crippen molar-refractivity contribution in [3.63, 3.8) is 0 Å². The van der Waals surface area contributed by atoms with Crippen LogP contribution in [-0.2, 0) is 0 Å². The molecule has 0 aliphatic carbocycles. The summed E-state index contributed by atoms with van der Waals surface area (Å²) in [6.45, 7) is 9.05. The molecular weight excluding hydrogens is 242 g/mol. The molecular formula is C13H23N5O. The predicted molar refractivity (Wildman–Crippen MR) is 75.8 cm³/mol. The van der Waals surface area contributed by atoms with Gasteiger partial charge in [0.15, 0.2) is 0 Å². The van der Waals surface area contributed by atoms with E-state index < -0.39 is 0 Å². The number of hydrogen-bond donors (Lipinski definition) is 1. The van der Waals surface area contributed by atoms with Gasteiger partial charge < -0.3 is 15.0 Å². The second-order valence-corrected chi connectivity index (χ2v) is 5.58. The SMILES string of the molecule is CCOc1nc(NC)nc(N2CCC(C)(C)CC2)n1. The molecule has 1 aromatic rings. The first-order valence-corrected chi connectivity index (χ1v) is 6.85. The Morgan fingerprint density at radius 1 is 1.21 bits per heavy atom. The van der Waals surface area contributed by atoms with Gasteiger partial charge in [-0.25, -0.2) is 0 Å². The average molecular weight is 265 g/mol. The molecule has 0 radical (unpaired) electrons. The van der Waals surface area contributed by atoms with E-state index in [-0.39, 0.29) is 0 Å². The molecule has 0 saturated carbocycles. The monoisotopic (exact) mass is 265 g/mol. The number of ether oxygens (including phenoxy) is 1. The van der Waals surface area contributed by atoms with Gasteiger partial charge in [-0.05, 0) is 25.2 Å². The van der Waals surface area contributed by atoms with Crippen molar-refractivity contribution in [2.75, 3.05) is 37.0 Å². The van der Waals surface area contributed by atoms with Crippen molar-refractivity contribution in [3.05, 3.63) is 0 Å². The van der Waals surface area contributed by atoms with E-state index in [1.54, 1.807) is 7.05 Å². The van der Waals surface area contributed by atoms with Crippen LogP contribution >= 0.6 is 0 Å². The maximum atomic E-state index is 5.39. The zero-order valence-electron chi connectivity index (χ0n) is 12.2. The Hall–Kier alpha value is -1.59. The van der Waals surface area contributed by atoms with E-state index in [1.165, 1.54) is 0 Å². The molecule has 6 nitrogen and oxygen atoms in total. The minimum absolute atomic E-state index is 0.390. The molecule has 106 valence electrons. The van der Waals surface area contributed by atoms with Crippen LogP contribution in [0.2, 0.25) is 0 Å². The molecule has 0 aromatic carbocycles. The fourth-order valence-electron chi connectivity index (χ4n) is 2.10. The molecule has 19 heavy (non-hydrogen) atoms. The number of piperidine rings is 1. The smallest absolute Gasteiger partial charge is 0.323 e. The molecule has 0 spiro atoms. The fourth-order valence-corrected chi connectivity index (χ4v) is 2.10. The third kappa shape index (κ3) is 3.45. The highest BCUT2D eigenvalue weighted by Gasteiger charge is 2.27. The van der Waals surface area contributed by atoms with E-state index >= 15 is 0 Å². The Kier molecular flexibility index (Phi) is 4.07. The highest BCUT2D eigenvalue weighted by atomic mass is 16.5. The molecule has 2 heterocycles. The van der Waals surface area contributed by atoms with Gasteiger partial charge in [0.1, 0.15) is 0 Å². The van der Waals surface area contributed by atoms with Gasteiger partial charge in [-0.15, -0.1) is 0 Å². The van der Waals surface area contributed by atoms with E-state index in [1.807, 2.05) is 6.92 Å². The van der Waals surface area contributed by atoms with Crippen LogP contribution in [0.15, 0.2) is 0 Å². The summed E-state index contributed by atoms with van der Waals surface area (Å²) in [5.74, 6) is 1.26. The quantitative estimate of drug-likeness (QED) is 0.897. The van der Waals surface area contributed by atoms with Crippen molar-refractivity contribution in [1.82, 2.24) is 15.0 Å².